The Kier molecular flexibility index (Phi) is 3.94. The van der Waals surface area contributed by atoms with E-state index in [9.17, 15) is 0 Å². The molecule has 2 aliphatic carbocycles. The predicted molar refractivity (Wildman–Crippen MR) is 117 cm³/mol. The van der Waals surface area contributed by atoms with Crippen LogP contribution in [0.5, 0.6) is 0 Å². The monoisotopic (exact) mass is 386 g/mol. The zero-order valence-electron chi connectivity index (χ0n) is 16.5. The zero-order valence-corrected chi connectivity index (χ0v) is 16.5. The van der Waals surface area contributed by atoms with E-state index in [4.69, 9.17) is 5.10 Å². The average molecular weight is 387 g/mol. The van der Waals surface area contributed by atoms with E-state index in [0.29, 0.717) is 12.1 Å². The number of hydrogen-bond acceptors (Lipinski definition) is 5. The van der Waals surface area contributed by atoms with Crippen LogP contribution >= 0.6 is 0 Å². The third-order valence-electron chi connectivity index (χ3n) is 6.96. The fourth-order valence-electron chi connectivity index (χ4n) is 5.23. The fraction of sp³-hybridized carbons (Fsp3) is 0.435. The van der Waals surface area contributed by atoms with Crippen LogP contribution < -0.4 is 15.9 Å². The van der Waals surface area contributed by atoms with Crippen molar-refractivity contribution in [3.8, 4) is 0 Å². The van der Waals surface area contributed by atoms with Gasteiger partial charge < -0.3 is 5.32 Å². The molecule has 2 fully saturated rings. The maximum Gasteiger partial charge on any atom is 0.0959 e. The summed E-state index contributed by atoms with van der Waals surface area (Å²) in [6, 6.07) is 1.09. The molecule has 3 aliphatic heterocycles. The molecule has 0 spiro atoms. The fourth-order valence-corrected chi connectivity index (χ4v) is 5.23. The quantitative estimate of drug-likeness (QED) is 0.827. The van der Waals surface area contributed by atoms with Crippen LogP contribution in [0.4, 0.5) is 0 Å². The highest BCUT2D eigenvalue weighted by Crippen LogP contribution is 2.58. The number of hydrogen-bond donors (Lipinski definition) is 2. The minimum Gasteiger partial charge on any atom is -0.315 e. The van der Waals surface area contributed by atoms with Gasteiger partial charge in [-0.1, -0.05) is 23.8 Å². The summed E-state index contributed by atoms with van der Waals surface area (Å²) in [5.74, 6) is 0. The van der Waals surface area contributed by atoms with Crippen molar-refractivity contribution in [2.45, 2.75) is 44.2 Å². The van der Waals surface area contributed by atoms with Gasteiger partial charge >= 0.3 is 0 Å². The summed E-state index contributed by atoms with van der Waals surface area (Å²) in [5, 5.41) is 20.9. The van der Waals surface area contributed by atoms with E-state index < -0.39 is 0 Å². The number of H-pyrrole nitrogens is 1. The second-order valence-electron chi connectivity index (χ2n) is 8.63. The van der Waals surface area contributed by atoms with Gasteiger partial charge in [-0.2, -0.15) is 10.2 Å². The number of fused-ring (bicyclic) bond motifs is 2. The maximum atomic E-state index is 4.85. The molecular formula is C23H26N6. The molecular weight excluding hydrogens is 360 g/mol. The van der Waals surface area contributed by atoms with Crippen molar-refractivity contribution in [1.82, 2.24) is 20.5 Å². The molecule has 1 saturated heterocycles. The molecule has 2 N–H and O–H groups in total. The Morgan fingerprint density at radius 2 is 2.17 bits per heavy atom. The number of allylic oxidation sites excluding steroid dienone is 4. The van der Waals surface area contributed by atoms with Crippen LogP contribution in [-0.4, -0.2) is 52.8 Å². The molecule has 1 aromatic rings. The van der Waals surface area contributed by atoms with Gasteiger partial charge in [-0.05, 0) is 56.4 Å². The molecule has 0 amide bonds. The molecule has 3 unspecified atom stereocenters. The number of aromatic nitrogens is 2. The van der Waals surface area contributed by atoms with E-state index in [0.717, 1.165) is 37.0 Å². The SMILES string of the molecule is C1=CN=CC=C(c2n[nH]c3c2=CCC(C24C=NN(C5CCCNC5)C2C4)=CC=3)C1. The lowest BCUT2D eigenvalue weighted by Gasteiger charge is -2.31. The molecule has 148 valence electrons. The Hall–Kier alpha value is -2.73. The smallest absolute Gasteiger partial charge is 0.0959 e. The first-order valence-corrected chi connectivity index (χ1v) is 10.7. The molecule has 0 radical (unpaired) electrons. The van der Waals surface area contributed by atoms with Crippen LogP contribution in [0, 0.1) is 5.41 Å². The van der Waals surface area contributed by atoms with Gasteiger partial charge in [-0.3, -0.25) is 15.1 Å². The van der Waals surface area contributed by atoms with Crippen LogP contribution in [0.2, 0.25) is 0 Å². The van der Waals surface area contributed by atoms with Crippen molar-refractivity contribution in [2.24, 2.45) is 15.5 Å². The van der Waals surface area contributed by atoms with Gasteiger partial charge in [0, 0.05) is 30.4 Å². The molecule has 6 rings (SSSR count). The highest BCUT2D eigenvalue weighted by Gasteiger charge is 2.62. The lowest BCUT2D eigenvalue weighted by Crippen LogP contribution is -2.44. The predicted octanol–water partition coefficient (Wildman–Crippen LogP) is 1.48. The van der Waals surface area contributed by atoms with Gasteiger partial charge in [0.25, 0.3) is 0 Å². The number of rotatable bonds is 3. The molecule has 0 aromatic carbocycles. The Labute approximate surface area is 170 Å². The molecule has 6 nitrogen and oxygen atoms in total. The number of aliphatic imine (C=N–C) groups is 1. The van der Waals surface area contributed by atoms with Crippen molar-refractivity contribution >= 4 is 30.2 Å². The summed E-state index contributed by atoms with van der Waals surface area (Å²) < 4.78 is 0. The summed E-state index contributed by atoms with van der Waals surface area (Å²) in [7, 11) is 0. The van der Waals surface area contributed by atoms with E-state index in [-0.39, 0.29) is 5.41 Å². The first-order chi connectivity index (χ1) is 14.4. The first-order valence-electron chi connectivity index (χ1n) is 10.7. The van der Waals surface area contributed by atoms with Gasteiger partial charge in [-0.15, -0.1) is 0 Å². The summed E-state index contributed by atoms with van der Waals surface area (Å²) in [4.78, 5) is 4.21. The highest BCUT2D eigenvalue weighted by molar-refractivity contribution is 5.85. The van der Waals surface area contributed by atoms with Crippen molar-refractivity contribution in [3.63, 3.8) is 0 Å². The number of nitrogens with zero attached hydrogens (tertiary/aromatic N) is 4. The number of aromatic amines is 1. The van der Waals surface area contributed by atoms with Gasteiger partial charge in [0.1, 0.15) is 0 Å². The molecule has 0 bridgehead atoms. The van der Waals surface area contributed by atoms with Gasteiger partial charge in [-0.25, -0.2) is 0 Å². The molecule has 6 heteroatoms. The van der Waals surface area contributed by atoms with E-state index >= 15 is 0 Å². The van der Waals surface area contributed by atoms with Crippen LogP contribution in [0.1, 0.15) is 37.8 Å². The average Bonchev–Trinajstić information content (AvgIpc) is 3.38. The second kappa shape index (κ2) is 6.66. The standard InChI is InChI=1S/C23H26N6/c1-3-16(9-12-24-10-1)22-19-7-5-17(6-8-20(19)27-28-22)23-13-21(23)29(26-15-23)18-4-2-11-25-14-18/h1,6-10,12,15,18,21,25,27H,2-5,11,13-14H2. The van der Waals surface area contributed by atoms with E-state index in [1.165, 1.54) is 35.6 Å². The third-order valence-corrected chi connectivity index (χ3v) is 6.96. The Balaban J connectivity index is 1.27. The number of nitrogens with one attached hydrogen (secondary N) is 2. The summed E-state index contributed by atoms with van der Waals surface area (Å²) >= 11 is 0. The lowest BCUT2D eigenvalue weighted by atomic mass is 9.93. The van der Waals surface area contributed by atoms with Gasteiger partial charge in [0.2, 0.25) is 0 Å². The topological polar surface area (TPSA) is 68.7 Å². The normalized spacial score (nSPS) is 32.3. The Morgan fingerprint density at radius 1 is 1.17 bits per heavy atom. The van der Waals surface area contributed by atoms with Crippen LogP contribution in [0.3, 0.4) is 0 Å². The molecule has 29 heavy (non-hydrogen) atoms. The molecule has 1 saturated carbocycles. The van der Waals surface area contributed by atoms with Crippen LogP contribution in [0.15, 0.2) is 40.1 Å². The van der Waals surface area contributed by atoms with Crippen LogP contribution in [0.25, 0.3) is 17.7 Å². The second-order valence-corrected chi connectivity index (χ2v) is 8.63. The van der Waals surface area contributed by atoms with Crippen molar-refractivity contribution < 1.29 is 0 Å². The maximum absolute atomic E-state index is 4.85. The Bertz CT molecular complexity index is 1090. The van der Waals surface area contributed by atoms with E-state index in [1.54, 1.807) is 0 Å². The third kappa shape index (κ3) is 2.77. The highest BCUT2D eigenvalue weighted by atomic mass is 15.5. The summed E-state index contributed by atoms with van der Waals surface area (Å²) in [6.45, 7) is 2.21. The molecule has 1 aromatic heterocycles. The van der Waals surface area contributed by atoms with Crippen molar-refractivity contribution in [1.29, 1.82) is 0 Å². The van der Waals surface area contributed by atoms with Gasteiger partial charge in [0.05, 0.1) is 28.5 Å². The lowest BCUT2D eigenvalue weighted by molar-refractivity contribution is 0.167. The summed E-state index contributed by atoms with van der Waals surface area (Å²) in [6.07, 6.45) is 22.4. The van der Waals surface area contributed by atoms with Crippen molar-refractivity contribution in [3.05, 3.63) is 46.3 Å². The van der Waals surface area contributed by atoms with Crippen molar-refractivity contribution in [2.75, 3.05) is 13.1 Å². The largest absolute Gasteiger partial charge is 0.315 e. The number of hydrazone groups is 1. The summed E-state index contributed by atoms with van der Waals surface area (Å²) in [5.41, 5.74) is 3.86. The molecule has 5 aliphatic rings. The van der Waals surface area contributed by atoms with Crippen LogP contribution in [-0.2, 0) is 0 Å². The van der Waals surface area contributed by atoms with E-state index in [1.807, 2.05) is 12.4 Å². The van der Waals surface area contributed by atoms with E-state index in [2.05, 4.69) is 62.1 Å². The molecule has 3 atom stereocenters. The Morgan fingerprint density at radius 3 is 3.07 bits per heavy atom. The zero-order chi connectivity index (χ0) is 19.3. The number of piperidine rings is 1. The minimum atomic E-state index is 0.137. The molecule has 4 heterocycles. The minimum absolute atomic E-state index is 0.137. The van der Waals surface area contributed by atoms with Gasteiger partial charge in [0.15, 0.2) is 0 Å². The first kappa shape index (κ1) is 17.2.